The van der Waals surface area contributed by atoms with E-state index in [1.807, 2.05) is 22.4 Å². The van der Waals surface area contributed by atoms with Crippen molar-refractivity contribution < 1.29 is 37.3 Å². The average molecular weight is 438 g/mol. The van der Waals surface area contributed by atoms with E-state index in [4.69, 9.17) is 19.4 Å². The molecule has 1 spiro atoms. The van der Waals surface area contributed by atoms with Crippen molar-refractivity contribution in [3.8, 4) is 0 Å². The second-order valence-corrected chi connectivity index (χ2v) is 8.03. The third-order valence-electron chi connectivity index (χ3n) is 4.83. The van der Waals surface area contributed by atoms with Crippen LogP contribution in [0.4, 0.5) is 13.2 Å². The van der Waals surface area contributed by atoms with Crippen molar-refractivity contribution in [2.45, 2.75) is 12.6 Å². The number of alkyl halides is 3. The summed E-state index contributed by atoms with van der Waals surface area (Å²) in [5.74, 6) is -2.61. The summed E-state index contributed by atoms with van der Waals surface area (Å²) in [5, 5.41) is 9.08. The average Bonchev–Trinajstić information content (AvgIpc) is 3.27. The Bertz CT molecular complexity index is 671. The lowest BCUT2D eigenvalue weighted by Gasteiger charge is -2.31. The first-order valence-corrected chi connectivity index (χ1v) is 9.97. The first-order valence-electron chi connectivity index (χ1n) is 9.09. The van der Waals surface area contributed by atoms with Crippen molar-refractivity contribution in [2.24, 2.45) is 5.41 Å². The Morgan fingerprint density at radius 3 is 2.66 bits per heavy atom. The fourth-order valence-electron chi connectivity index (χ4n) is 3.41. The van der Waals surface area contributed by atoms with Gasteiger partial charge in [0.2, 0.25) is 0 Å². The number of carbonyl (C=O) groups excluding carboxylic acids is 1. The van der Waals surface area contributed by atoms with Gasteiger partial charge >= 0.3 is 12.1 Å². The Balaban J connectivity index is 0.000000370. The number of carboxylic acids is 1. The molecular weight excluding hydrogens is 413 g/mol. The molecule has 164 valence electrons. The van der Waals surface area contributed by atoms with E-state index >= 15 is 0 Å². The van der Waals surface area contributed by atoms with Gasteiger partial charge in [0.25, 0.3) is 5.91 Å². The molecule has 2 aliphatic rings. The normalized spacial score (nSPS) is 22.8. The predicted molar refractivity (Wildman–Crippen MR) is 100 cm³/mol. The summed E-state index contributed by atoms with van der Waals surface area (Å²) < 4.78 is 42.7. The Hall–Kier alpha value is -1.69. The highest BCUT2D eigenvalue weighted by Crippen LogP contribution is 2.34. The number of hydrogen-bond acceptors (Lipinski definition) is 6. The number of halogens is 3. The van der Waals surface area contributed by atoms with Crippen LogP contribution < -0.4 is 0 Å². The quantitative estimate of drug-likeness (QED) is 0.777. The minimum atomic E-state index is -5.08. The summed E-state index contributed by atoms with van der Waals surface area (Å²) in [4.78, 5) is 26.8. The number of likely N-dealkylation sites (tertiary alicyclic amines) is 1. The molecule has 1 atom stereocenters. The highest BCUT2D eigenvalue weighted by molar-refractivity contribution is 7.12. The van der Waals surface area contributed by atoms with Gasteiger partial charge in [0.05, 0.1) is 24.7 Å². The standard InChI is InChI=1S/C16H24N2O3S.C2HF3O2/c1-20-8-6-17-5-4-16(11-17)12-18(7-9-21-13-16)15(19)14-3-2-10-22-14;3-2(4,5)1(6)7/h2-3,10H,4-9,11-13H2,1H3;(H,6,7). The van der Waals surface area contributed by atoms with E-state index in [9.17, 15) is 18.0 Å². The van der Waals surface area contributed by atoms with Crippen molar-refractivity contribution in [3.05, 3.63) is 22.4 Å². The van der Waals surface area contributed by atoms with Gasteiger partial charge in [-0.3, -0.25) is 4.79 Å². The van der Waals surface area contributed by atoms with Gasteiger partial charge in [0.1, 0.15) is 0 Å². The molecule has 1 aromatic rings. The number of methoxy groups -OCH3 is 1. The molecule has 0 aromatic carbocycles. The van der Waals surface area contributed by atoms with Gasteiger partial charge in [-0.25, -0.2) is 4.79 Å². The van der Waals surface area contributed by atoms with E-state index in [-0.39, 0.29) is 11.3 Å². The molecule has 2 aliphatic heterocycles. The number of nitrogens with zero attached hydrogens (tertiary/aromatic N) is 2. The molecule has 2 saturated heterocycles. The van der Waals surface area contributed by atoms with Crippen LogP contribution in [0.15, 0.2) is 17.5 Å². The zero-order valence-electron chi connectivity index (χ0n) is 16.1. The number of carbonyl (C=O) groups is 2. The monoisotopic (exact) mass is 438 g/mol. The maximum Gasteiger partial charge on any atom is 0.490 e. The van der Waals surface area contributed by atoms with Crippen LogP contribution in [0.2, 0.25) is 0 Å². The lowest BCUT2D eigenvalue weighted by molar-refractivity contribution is -0.192. The lowest BCUT2D eigenvalue weighted by atomic mass is 9.87. The Morgan fingerprint density at radius 1 is 1.34 bits per heavy atom. The van der Waals surface area contributed by atoms with Gasteiger partial charge in [-0.2, -0.15) is 13.2 Å². The molecular formula is C18H25F3N2O5S. The molecule has 1 amide bonds. The van der Waals surface area contributed by atoms with Crippen LogP contribution >= 0.6 is 11.3 Å². The van der Waals surface area contributed by atoms with Crippen LogP contribution in [-0.2, 0) is 14.3 Å². The van der Waals surface area contributed by atoms with Gasteiger partial charge in [-0.15, -0.1) is 11.3 Å². The molecule has 0 radical (unpaired) electrons. The molecule has 0 bridgehead atoms. The van der Waals surface area contributed by atoms with E-state index in [0.29, 0.717) is 13.2 Å². The molecule has 29 heavy (non-hydrogen) atoms. The fourth-order valence-corrected chi connectivity index (χ4v) is 4.10. The summed E-state index contributed by atoms with van der Waals surface area (Å²) in [7, 11) is 1.74. The van der Waals surface area contributed by atoms with Crippen LogP contribution in [0, 0.1) is 5.41 Å². The zero-order chi connectivity index (χ0) is 21.5. The Morgan fingerprint density at radius 2 is 2.07 bits per heavy atom. The molecule has 1 N–H and O–H groups in total. The first-order chi connectivity index (χ1) is 13.7. The second-order valence-electron chi connectivity index (χ2n) is 7.08. The number of hydrogen-bond donors (Lipinski definition) is 1. The maximum atomic E-state index is 12.7. The summed E-state index contributed by atoms with van der Waals surface area (Å²) in [6.07, 6.45) is -4.00. The maximum absolute atomic E-state index is 12.7. The van der Waals surface area contributed by atoms with Gasteiger partial charge in [-0.05, 0) is 24.4 Å². The highest BCUT2D eigenvalue weighted by Gasteiger charge is 2.42. The third-order valence-corrected chi connectivity index (χ3v) is 5.69. The van der Waals surface area contributed by atoms with Gasteiger partial charge in [0.15, 0.2) is 0 Å². The summed E-state index contributed by atoms with van der Waals surface area (Å²) in [6.45, 7) is 6.65. The molecule has 7 nitrogen and oxygen atoms in total. The van der Waals surface area contributed by atoms with E-state index in [0.717, 1.165) is 50.7 Å². The van der Waals surface area contributed by atoms with Crippen LogP contribution in [-0.4, -0.2) is 92.6 Å². The largest absolute Gasteiger partial charge is 0.490 e. The molecule has 3 heterocycles. The summed E-state index contributed by atoms with van der Waals surface area (Å²) in [5.41, 5.74) is 0.0805. The third kappa shape index (κ3) is 6.95. The Kier molecular flexibility index (Phi) is 8.44. The molecule has 1 aromatic heterocycles. The lowest BCUT2D eigenvalue weighted by Crippen LogP contribution is -2.43. The highest BCUT2D eigenvalue weighted by atomic mass is 32.1. The smallest absolute Gasteiger partial charge is 0.475 e. The predicted octanol–water partition coefficient (Wildman–Crippen LogP) is 2.19. The number of amides is 1. The number of rotatable bonds is 4. The first kappa shape index (κ1) is 23.6. The van der Waals surface area contributed by atoms with Crippen molar-refractivity contribution in [1.82, 2.24) is 9.80 Å². The minimum Gasteiger partial charge on any atom is -0.475 e. The van der Waals surface area contributed by atoms with Crippen LogP contribution in [0.5, 0.6) is 0 Å². The van der Waals surface area contributed by atoms with E-state index in [1.165, 1.54) is 11.3 Å². The van der Waals surface area contributed by atoms with Gasteiger partial charge in [0, 0.05) is 38.7 Å². The van der Waals surface area contributed by atoms with Crippen molar-refractivity contribution in [2.75, 3.05) is 59.7 Å². The molecule has 11 heteroatoms. The number of aliphatic carboxylic acids is 1. The number of ether oxygens (including phenoxy) is 2. The van der Waals surface area contributed by atoms with Gasteiger partial charge < -0.3 is 24.4 Å². The molecule has 3 rings (SSSR count). The van der Waals surface area contributed by atoms with E-state index < -0.39 is 12.1 Å². The van der Waals surface area contributed by atoms with Gasteiger partial charge in [-0.1, -0.05) is 6.07 Å². The van der Waals surface area contributed by atoms with Crippen molar-refractivity contribution in [1.29, 1.82) is 0 Å². The zero-order valence-corrected chi connectivity index (χ0v) is 16.9. The summed E-state index contributed by atoms with van der Waals surface area (Å²) >= 11 is 1.52. The fraction of sp³-hybridized carbons (Fsp3) is 0.667. The van der Waals surface area contributed by atoms with Crippen LogP contribution in [0.3, 0.4) is 0 Å². The van der Waals surface area contributed by atoms with E-state index in [1.54, 1.807) is 7.11 Å². The topological polar surface area (TPSA) is 79.3 Å². The second kappa shape index (κ2) is 10.4. The Labute approximate surface area is 171 Å². The SMILES string of the molecule is COCCN1CCC2(COCCN(C(=O)c3cccs3)C2)C1.O=C(O)C(F)(F)F. The van der Waals surface area contributed by atoms with Crippen LogP contribution in [0.1, 0.15) is 16.1 Å². The van der Waals surface area contributed by atoms with Crippen molar-refractivity contribution in [3.63, 3.8) is 0 Å². The molecule has 2 fully saturated rings. The number of thiophene rings is 1. The summed E-state index contributed by atoms with van der Waals surface area (Å²) in [6, 6.07) is 3.84. The molecule has 0 saturated carbocycles. The molecule has 0 aliphatic carbocycles. The van der Waals surface area contributed by atoms with E-state index in [2.05, 4.69) is 4.90 Å². The molecule has 1 unspecified atom stereocenters. The van der Waals surface area contributed by atoms with Crippen LogP contribution in [0.25, 0.3) is 0 Å². The minimum absolute atomic E-state index is 0.0805. The van der Waals surface area contributed by atoms with Crippen molar-refractivity contribution >= 4 is 23.2 Å². The number of carboxylic acid groups (broad SMARTS) is 1.